The summed E-state index contributed by atoms with van der Waals surface area (Å²) in [7, 11) is -2.34. The molecule has 1 fully saturated rings. The number of aryl methyl sites for hydroxylation is 2. The number of carbonyl (C=O) groups excluding carboxylic acids is 2. The standard InChI is InChI=1S/C22H26N2O5S/c1-15-4-7-19(8-5-15)30(27,28)23-20-9-6-18(14-16(20)2)21(25)24-12-10-17(11-13-24)22(26)29-3/h4-9,14,17,23H,10-13H2,1-3H3. The summed E-state index contributed by atoms with van der Waals surface area (Å²) in [5.41, 5.74) is 2.54. The van der Waals surface area contributed by atoms with Crippen molar-refractivity contribution in [2.75, 3.05) is 24.9 Å². The molecular weight excluding hydrogens is 404 g/mol. The van der Waals surface area contributed by atoms with Gasteiger partial charge in [-0.2, -0.15) is 0 Å². The van der Waals surface area contributed by atoms with Gasteiger partial charge in [-0.25, -0.2) is 8.42 Å². The van der Waals surface area contributed by atoms with E-state index in [4.69, 9.17) is 4.74 Å². The first-order valence-corrected chi connectivity index (χ1v) is 11.3. The summed E-state index contributed by atoms with van der Waals surface area (Å²) in [5, 5.41) is 0. The Bertz CT molecular complexity index is 1040. The topological polar surface area (TPSA) is 92.8 Å². The smallest absolute Gasteiger partial charge is 0.308 e. The van der Waals surface area contributed by atoms with Crippen LogP contribution >= 0.6 is 0 Å². The number of carbonyl (C=O) groups is 2. The van der Waals surface area contributed by atoms with Crippen LogP contribution in [0.1, 0.15) is 34.3 Å². The van der Waals surface area contributed by atoms with E-state index >= 15 is 0 Å². The average molecular weight is 431 g/mol. The molecule has 0 bridgehead atoms. The number of hydrogen-bond acceptors (Lipinski definition) is 5. The van der Waals surface area contributed by atoms with Crippen molar-refractivity contribution in [3.8, 4) is 0 Å². The number of piperidine rings is 1. The van der Waals surface area contributed by atoms with Crippen molar-refractivity contribution in [3.05, 3.63) is 59.2 Å². The van der Waals surface area contributed by atoms with E-state index in [0.717, 1.165) is 5.56 Å². The van der Waals surface area contributed by atoms with Crippen LogP contribution in [0.15, 0.2) is 47.4 Å². The molecule has 2 aromatic carbocycles. The van der Waals surface area contributed by atoms with Crippen molar-refractivity contribution in [2.24, 2.45) is 5.92 Å². The molecule has 1 N–H and O–H groups in total. The highest BCUT2D eigenvalue weighted by atomic mass is 32.2. The molecule has 7 nitrogen and oxygen atoms in total. The number of rotatable bonds is 5. The Morgan fingerprint density at radius 2 is 1.67 bits per heavy atom. The highest BCUT2D eigenvalue weighted by molar-refractivity contribution is 7.92. The predicted molar refractivity (Wildman–Crippen MR) is 114 cm³/mol. The highest BCUT2D eigenvalue weighted by Crippen LogP contribution is 2.24. The van der Waals surface area contributed by atoms with E-state index in [2.05, 4.69) is 4.72 Å². The van der Waals surface area contributed by atoms with Crippen LogP contribution in [0.25, 0.3) is 0 Å². The van der Waals surface area contributed by atoms with Gasteiger partial charge in [0, 0.05) is 18.7 Å². The Hall–Kier alpha value is -2.87. The fraction of sp³-hybridized carbons (Fsp3) is 0.364. The van der Waals surface area contributed by atoms with E-state index in [9.17, 15) is 18.0 Å². The molecule has 0 saturated carbocycles. The molecule has 0 unspecified atom stereocenters. The SMILES string of the molecule is COC(=O)C1CCN(C(=O)c2ccc(NS(=O)(=O)c3ccc(C)cc3)c(C)c2)CC1. The molecular formula is C22H26N2O5S. The fourth-order valence-electron chi connectivity index (χ4n) is 3.50. The van der Waals surface area contributed by atoms with Gasteiger partial charge >= 0.3 is 5.97 Å². The van der Waals surface area contributed by atoms with Crippen molar-refractivity contribution in [1.82, 2.24) is 4.90 Å². The number of ether oxygens (including phenoxy) is 1. The van der Waals surface area contributed by atoms with Crippen molar-refractivity contribution in [3.63, 3.8) is 0 Å². The molecule has 8 heteroatoms. The van der Waals surface area contributed by atoms with Gasteiger partial charge in [-0.05, 0) is 62.6 Å². The lowest BCUT2D eigenvalue weighted by atomic mass is 9.96. The number of sulfonamides is 1. The first kappa shape index (κ1) is 21.8. The van der Waals surface area contributed by atoms with Gasteiger partial charge in [0.2, 0.25) is 0 Å². The molecule has 1 saturated heterocycles. The van der Waals surface area contributed by atoms with Crippen LogP contribution in [0.4, 0.5) is 5.69 Å². The molecule has 2 aromatic rings. The van der Waals surface area contributed by atoms with Crippen LogP contribution in [-0.2, 0) is 19.6 Å². The highest BCUT2D eigenvalue weighted by Gasteiger charge is 2.28. The minimum atomic E-state index is -3.71. The maximum absolute atomic E-state index is 12.8. The quantitative estimate of drug-likeness (QED) is 0.736. The number of esters is 1. The molecule has 0 aliphatic carbocycles. The number of benzene rings is 2. The van der Waals surface area contributed by atoms with Gasteiger partial charge in [-0.3, -0.25) is 14.3 Å². The van der Waals surface area contributed by atoms with Gasteiger partial charge in [0.05, 0.1) is 23.6 Å². The average Bonchev–Trinajstić information content (AvgIpc) is 2.74. The zero-order valence-electron chi connectivity index (χ0n) is 17.3. The number of hydrogen-bond donors (Lipinski definition) is 1. The van der Waals surface area contributed by atoms with Gasteiger partial charge in [0.25, 0.3) is 15.9 Å². The second kappa shape index (κ2) is 8.87. The number of nitrogens with one attached hydrogen (secondary N) is 1. The van der Waals surface area contributed by atoms with Crippen molar-refractivity contribution in [1.29, 1.82) is 0 Å². The van der Waals surface area contributed by atoms with Gasteiger partial charge < -0.3 is 9.64 Å². The molecule has 1 aliphatic heterocycles. The number of methoxy groups -OCH3 is 1. The number of amides is 1. The number of nitrogens with zero attached hydrogens (tertiary/aromatic N) is 1. The lowest BCUT2D eigenvalue weighted by molar-refractivity contribution is -0.146. The van der Waals surface area contributed by atoms with Crippen LogP contribution in [0.5, 0.6) is 0 Å². The zero-order valence-corrected chi connectivity index (χ0v) is 18.2. The molecule has 3 rings (SSSR count). The maximum Gasteiger partial charge on any atom is 0.308 e. The summed E-state index contributed by atoms with van der Waals surface area (Å²) in [5.74, 6) is -0.531. The zero-order chi connectivity index (χ0) is 21.9. The van der Waals surface area contributed by atoms with E-state index in [0.29, 0.717) is 42.7 Å². The Kier molecular flexibility index (Phi) is 6.45. The summed E-state index contributed by atoms with van der Waals surface area (Å²) >= 11 is 0. The molecule has 30 heavy (non-hydrogen) atoms. The molecule has 0 radical (unpaired) electrons. The van der Waals surface area contributed by atoms with Crippen molar-refractivity contribution >= 4 is 27.6 Å². The molecule has 0 aromatic heterocycles. The lowest BCUT2D eigenvalue weighted by Gasteiger charge is -2.30. The van der Waals surface area contributed by atoms with Crippen LogP contribution in [0.3, 0.4) is 0 Å². The third-order valence-corrected chi connectivity index (χ3v) is 6.75. The van der Waals surface area contributed by atoms with Crippen LogP contribution in [0, 0.1) is 19.8 Å². The third-order valence-electron chi connectivity index (χ3n) is 5.37. The Morgan fingerprint density at radius 1 is 1.03 bits per heavy atom. The second-order valence-electron chi connectivity index (χ2n) is 7.54. The molecule has 1 heterocycles. The summed E-state index contributed by atoms with van der Waals surface area (Å²) in [6.45, 7) is 4.62. The van der Waals surface area contributed by atoms with Crippen molar-refractivity contribution in [2.45, 2.75) is 31.6 Å². The molecule has 1 aliphatic rings. The normalized spacial score (nSPS) is 15.0. The molecule has 1 amide bonds. The molecule has 0 spiro atoms. The lowest BCUT2D eigenvalue weighted by Crippen LogP contribution is -2.40. The van der Waals surface area contributed by atoms with Crippen LogP contribution < -0.4 is 4.72 Å². The number of likely N-dealkylation sites (tertiary alicyclic amines) is 1. The van der Waals surface area contributed by atoms with Gasteiger partial charge in [0.1, 0.15) is 0 Å². The van der Waals surface area contributed by atoms with Gasteiger partial charge in [-0.15, -0.1) is 0 Å². The number of anilines is 1. The molecule has 160 valence electrons. The third kappa shape index (κ3) is 4.81. The predicted octanol–water partition coefficient (Wildman–Crippen LogP) is 3.13. The first-order chi connectivity index (χ1) is 14.2. The summed E-state index contributed by atoms with van der Waals surface area (Å²) in [6.07, 6.45) is 1.15. The van der Waals surface area contributed by atoms with E-state index in [-0.39, 0.29) is 22.7 Å². The van der Waals surface area contributed by atoms with Gasteiger partial charge in [0.15, 0.2) is 0 Å². The Morgan fingerprint density at radius 3 is 2.23 bits per heavy atom. The largest absolute Gasteiger partial charge is 0.469 e. The van der Waals surface area contributed by atoms with E-state index in [1.165, 1.54) is 7.11 Å². The second-order valence-corrected chi connectivity index (χ2v) is 9.22. The fourth-order valence-corrected chi connectivity index (χ4v) is 4.63. The first-order valence-electron chi connectivity index (χ1n) is 9.78. The Labute approximate surface area is 177 Å². The Balaban J connectivity index is 1.70. The minimum absolute atomic E-state index is 0.130. The molecule has 0 atom stereocenters. The maximum atomic E-state index is 12.8. The van der Waals surface area contributed by atoms with E-state index in [1.54, 1.807) is 54.3 Å². The van der Waals surface area contributed by atoms with E-state index in [1.807, 2.05) is 6.92 Å². The van der Waals surface area contributed by atoms with Crippen molar-refractivity contribution < 1.29 is 22.7 Å². The van der Waals surface area contributed by atoms with Crippen LogP contribution in [-0.4, -0.2) is 45.4 Å². The monoisotopic (exact) mass is 430 g/mol. The summed E-state index contributed by atoms with van der Waals surface area (Å²) in [6, 6.07) is 11.5. The summed E-state index contributed by atoms with van der Waals surface area (Å²) < 4.78 is 32.6. The van der Waals surface area contributed by atoms with Crippen LogP contribution in [0.2, 0.25) is 0 Å². The minimum Gasteiger partial charge on any atom is -0.469 e. The summed E-state index contributed by atoms with van der Waals surface area (Å²) in [4.78, 5) is 26.4. The van der Waals surface area contributed by atoms with E-state index < -0.39 is 10.0 Å². The van der Waals surface area contributed by atoms with Gasteiger partial charge in [-0.1, -0.05) is 17.7 Å².